The minimum absolute atomic E-state index is 0.00401. The molecule has 4 nitrogen and oxygen atoms in total. The molecule has 0 fully saturated rings. The number of phenols is 1. The van der Waals surface area contributed by atoms with Gasteiger partial charge in [0.25, 0.3) is 0 Å². The van der Waals surface area contributed by atoms with Crippen molar-refractivity contribution >= 4 is 5.97 Å². The van der Waals surface area contributed by atoms with Gasteiger partial charge < -0.3 is 10.2 Å². The number of aromatic hydroxyl groups is 1. The molecule has 4 heteroatoms. The molecule has 0 amide bonds. The second-order valence-electron chi connectivity index (χ2n) is 3.59. The fourth-order valence-electron chi connectivity index (χ4n) is 1.68. The quantitative estimate of drug-likeness (QED) is 0.813. The first-order valence-electron chi connectivity index (χ1n) is 5.03. The number of hydrogen-bond donors (Lipinski definition) is 2. The Morgan fingerprint density at radius 1 is 1.56 bits per heavy atom. The van der Waals surface area contributed by atoms with Crippen LogP contribution >= 0.6 is 0 Å². The molecule has 0 spiro atoms. The van der Waals surface area contributed by atoms with Crippen LogP contribution in [-0.4, -0.2) is 16.2 Å². The van der Waals surface area contributed by atoms with Crippen LogP contribution in [0.2, 0.25) is 0 Å². The zero-order chi connectivity index (χ0) is 12.1. The molecule has 84 valence electrons. The minimum atomic E-state index is -0.885. The first-order chi connectivity index (χ1) is 7.58. The predicted octanol–water partition coefficient (Wildman–Crippen LogP) is 2.23. The predicted molar refractivity (Wildman–Crippen MR) is 58.1 cm³/mol. The molecule has 1 rings (SSSR count). The molecule has 0 aromatic heterocycles. The number of nitrogens with zero attached hydrogens (tertiary/aromatic N) is 1. The SMILES string of the molecule is CCC(CC(=O)O)c1ccc(O)cc1C#N. The van der Waals surface area contributed by atoms with E-state index in [9.17, 15) is 9.90 Å². The van der Waals surface area contributed by atoms with Gasteiger partial charge in [0.05, 0.1) is 18.1 Å². The maximum absolute atomic E-state index is 10.7. The summed E-state index contributed by atoms with van der Waals surface area (Å²) in [4.78, 5) is 10.7. The maximum atomic E-state index is 10.7. The molecule has 0 radical (unpaired) electrons. The van der Waals surface area contributed by atoms with Gasteiger partial charge in [-0.05, 0) is 30.0 Å². The lowest BCUT2D eigenvalue weighted by atomic mass is 9.90. The van der Waals surface area contributed by atoms with E-state index in [2.05, 4.69) is 0 Å². The second kappa shape index (κ2) is 5.17. The number of phenolic OH excluding ortho intramolecular Hbond substituents is 1. The van der Waals surface area contributed by atoms with E-state index in [-0.39, 0.29) is 18.1 Å². The van der Waals surface area contributed by atoms with E-state index < -0.39 is 5.97 Å². The largest absolute Gasteiger partial charge is 0.508 e. The molecule has 16 heavy (non-hydrogen) atoms. The van der Waals surface area contributed by atoms with Crippen molar-refractivity contribution in [1.82, 2.24) is 0 Å². The van der Waals surface area contributed by atoms with Crippen molar-refractivity contribution in [3.63, 3.8) is 0 Å². The zero-order valence-electron chi connectivity index (χ0n) is 8.97. The maximum Gasteiger partial charge on any atom is 0.303 e. The number of carbonyl (C=O) groups is 1. The number of hydrogen-bond acceptors (Lipinski definition) is 3. The summed E-state index contributed by atoms with van der Waals surface area (Å²) < 4.78 is 0. The van der Waals surface area contributed by atoms with Crippen molar-refractivity contribution in [1.29, 1.82) is 5.26 Å². The second-order valence-corrected chi connectivity index (χ2v) is 3.59. The van der Waals surface area contributed by atoms with Crippen LogP contribution < -0.4 is 0 Å². The Morgan fingerprint density at radius 2 is 2.25 bits per heavy atom. The van der Waals surface area contributed by atoms with Crippen LogP contribution in [0.1, 0.15) is 36.8 Å². The standard InChI is InChI=1S/C12H13NO3/c1-2-8(6-12(15)16)11-4-3-10(14)5-9(11)7-13/h3-5,8,14H,2,6H2,1H3,(H,15,16). The smallest absolute Gasteiger partial charge is 0.303 e. The van der Waals surface area contributed by atoms with Crippen LogP contribution in [0.25, 0.3) is 0 Å². The highest BCUT2D eigenvalue weighted by Gasteiger charge is 2.17. The van der Waals surface area contributed by atoms with Crippen molar-refractivity contribution in [2.75, 3.05) is 0 Å². The topological polar surface area (TPSA) is 81.3 Å². The monoisotopic (exact) mass is 219 g/mol. The Kier molecular flexibility index (Phi) is 3.90. The van der Waals surface area contributed by atoms with Gasteiger partial charge in [0, 0.05) is 0 Å². The van der Waals surface area contributed by atoms with Gasteiger partial charge in [0.15, 0.2) is 0 Å². The van der Waals surface area contributed by atoms with E-state index in [1.165, 1.54) is 12.1 Å². The van der Waals surface area contributed by atoms with E-state index in [4.69, 9.17) is 10.4 Å². The number of rotatable bonds is 4. The lowest BCUT2D eigenvalue weighted by Gasteiger charge is -2.14. The molecular weight excluding hydrogens is 206 g/mol. The molecule has 1 unspecified atom stereocenters. The summed E-state index contributed by atoms with van der Waals surface area (Å²) >= 11 is 0. The highest BCUT2D eigenvalue weighted by molar-refractivity contribution is 5.68. The van der Waals surface area contributed by atoms with E-state index in [0.717, 1.165) is 0 Å². The van der Waals surface area contributed by atoms with Gasteiger partial charge in [0.2, 0.25) is 0 Å². The van der Waals surface area contributed by atoms with Gasteiger partial charge in [-0.1, -0.05) is 13.0 Å². The molecule has 1 aromatic carbocycles. The number of aliphatic carboxylic acids is 1. The third-order valence-electron chi connectivity index (χ3n) is 2.51. The average Bonchev–Trinajstić information content (AvgIpc) is 2.25. The summed E-state index contributed by atoms with van der Waals surface area (Å²) in [5.74, 6) is -1.05. The van der Waals surface area contributed by atoms with Gasteiger partial charge in [-0.2, -0.15) is 5.26 Å². The van der Waals surface area contributed by atoms with Crippen LogP contribution in [0.3, 0.4) is 0 Å². The lowest BCUT2D eigenvalue weighted by Crippen LogP contribution is -2.07. The molecule has 0 saturated carbocycles. The molecule has 0 aliphatic rings. The summed E-state index contributed by atoms with van der Waals surface area (Å²) in [6.07, 6.45) is 0.641. The third kappa shape index (κ3) is 2.74. The molecule has 1 atom stereocenters. The van der Waals surface area contributed by atoms with Gasteiger partial charge in [0.1, 0.15) is 5.75 Å². The van der Waals surface area contributed by atoms with Crippen molar-refractivity contribution in [2.24, 2.45) is 0 Å². The van der Waals surface area contributed by atoms with Crippen molar-refractivity contribution in [3.05, 3.63) is 29.3 Å². The molecule has 0 saturated heterocycles. The zero-order valence-corrected chi connectivity index (χ0v) is 8.97. The molecule has 2 N–H and O–H groups in total. The van der Waals surface area contributed by atoms with Gasteiger partial charge in [-0.25, -0.2) is 0 Å². The van der Waals surface area contributed by atoms with Gasteiger partial charge in [-0.3, -0.25) is 4.79 Å². The molecule has 0 aliphatic carbocycles. The van der Waals surface area contributed by atoms with Crippen LogP contribution in [-0.2, 0) is 4.79 Å². The lowest BCUT2D eigenvalue weighted by molar-refractivity contribution is -0.137. The molecule has 0 aliphatic heterocycles. The minimum Gasteiger partial charge on any atom is -0.508 e. The highest BCUT2D eigenvalue weighted by Crippen LogP contribution is 2.28. The van der Waals surface area contributed by atoms with Gasteiger partial charge in [-0.15, -0.1) is 0 Å². The summed E-state index contributed by atoms with van der Waals surface area (Å²) in [7, 11) is 0. The first-order valence-corrected chi connectivity index (χ1v) is 5.03. The Balaban J connectivity index is 3.10. The summed E-state index contributed by atoms with van der Waals surface area (Å²) in [5, 5.41) is 26.9. The number of carboxylic acids is 1. The average molecular weight is 219 g/mol. The normalized spacial score (nSPS) is 11.8. The fourth-order valence-corrected chi connectivity index (χ4v) is 1.68. The van der Waals surface area contributed by atoms with Crippen LogP contribution in [0.4, 0.5) is 0 Å². The molecule has 1 aromatic rings. The number of benzene rings is 1. The molecular formula is C12H13NO3. The van der Waals surface area contributed by atoms with Crippen LogP contribution in [0, 0.1) is 11.3 Å². The molecule has 0 heterocycles. The Bertz CT molecular complexity index is 434. The number of nitriles is 1. The summed E-state index contributed by atoms with van der Waals surface area (Å²) in [6, 6.07) is 6.42. The van der Waals surface area contributed by atoms with E-state index in [1.54, 1.807) is 6.07 Å². The van der Waals surface area contributed by atoms with E-state index >= 15 is 0 Å². The fraction of sp³-hybridized carbons (Fsp3) is 0.333. The third-order valence-corrected chi connectivity index (χ3v) is 2.51. The van der Waals surface area contributed by atoms with Crippen LogP contribution in [0.5, 0.6) is 5.75 Å². The Morgan fingerprint density at radius 3 is 2.75 bits per heavy atom. The Hall–Kier alpha value is -2.02. The number of carboxylic acid groups (broad SMARTS) is 1. The van der Waals surface area contributed by atoms with Crippen molar-refractivity contribution in [3.8, 4) is 11.8 Å². The van der Waals surface area contributed by atoms with Crippen molar-refractivity contribution < 1.29 is 15.0 Å². The highest BCUT2D eigenvalue weighted by atomic mass is 16.4. The molecule has 0 bridgehead atoms. The first kappa shape index (κ1) is 12.1. The van der Waals surface area contributed by atoms with Crippen LogP contribution in [0.15, 0.2) is 18.2 Å². The summed E-state index contributed by atoms with van der Waals surface area (Å²) in [5.41, 5.74) is 1.03. The Labute approximate surface area is 93.8 Å². The van der Waals surface area contributed by atoms with Crippen molar-refractivity contribution in [2.45, 2.75) is 25.7 Å². The van der Waals surface area contributed by atoms with E-state index in [0.29, 0.717) is 17.5 Å². The van der Waals surface area contributed by atoms with E-state index in [1.807, 2.05) is 13.0 Å². The summed E-state index contributed by atoms with van der Waals surface area (Å²) in [6.45, 7) is 1.88. The van der Waals surface area contributed by atoms with Gasteiger partial charge >= 0.3 is 5.97 Å².